The van der Waals surface area contributed by atoms with Crippen LogP contribution in [0.4, 0.5) is 4.39 Å². The van der Waals surface area contributed by atoms with Crippen molar-refractivity contribution in [2.24, 2.45) is 0 Å². The molecular weight excluding hydrogens is 375 g/mol. The van der Waals surface area contributed by atoms with Crippen LogP contribution < -0.4 is 5.32 Å². The van der Waals surface area contributed by atoms with Gasteiger partial charge in [-0.2, -0.15) is 5.10 Å². The van der Waals surface area contributed by atoms with E-state index in [0.717, 1.165) is 11.8 Å². The van der Waals surface area contributed by atoms with Gasteiger partial charge in [-0.3, -0.25) is 9.59 Å². The first-order valence-corrected chi connectivity index (χ1v) is 9.95. The van der Waals surface area contributed by atoms with Gasteiger partial charge in [-0.25, -0.2) is 14.1 Å². The largest absolute Gasteiger partial charge is 0.327 e. The Morgan fingerprint density at radius 1 is 1.24 bits per heavy atom. The maximum absolute atomic E-state index is 13.6. The summed E-state index contributed by atoms with van der Waals surface area (Å²) in [6, 6.07) is 3.27. The quantitative estimate of drug-likeness (QED) is 0.836. The molecule has 2 aromatic rings. The fraction of sp³-hybridized carbons (Fsp3) is 0.500. The van der Waals surface area contributed by atoms with Crippen LogP contribution in [0.25, 0.3) is 5.82 Å². The number of rotatable bonds is 4. The van der Waals surface area contributed by atoms with Crippen molar-refractivity contribution in [2.45, 2.75) is 38.3 Å². The van der Waals surface area contributed by atoms with Gasteiger partial charge in [0.05, 0.1) is 18.4 Å². The topological polar surface area (TPSA) is 83.4 Å². The van der Waals surface area contributed by atoms with Crippen LogP contribution in [-0.2, 0) is 9.59 Å². The number of nitrogens with zero attached hydrogens (tertiary/aromatic N) is 5. The van der Waals surface area contributed by atoms with E-state index in [1.54, 1.807) is 22.1 Å². The van der Waals surface area contributed by atoms with E-state index in [2.05, 4.69) is 15.4 Å². The Morgan fingerprint density at radius 3 is 2.59 bits per heavy atom. The molecule has 29 heavy (non-hydrogen) atoms. The van der Waals surface area contributed by atoms with E-state index >= 15 is 0 Å². The lowest BCUT2D eigenvalue weighted by Gasteiger charge is -2.52. The number of halogens is 1. The molecule has 154 valence electrons. The average Bonchev–Trinajstić information content (AvgIpc) is 3.18. The third kappa shape index (κ3) is 3.29. The maximum atomic E-state index is 13.6. The van der Waals surface area contributed by atoms with Crippen molar-refractivity contribution in [3.05, 3.63) is 42.1 Å². The maximum Gasteiger partial charge on any atom is 0.249 e. The zero-order chi connectivity index (χ0) is 20.6. The van der Waals surface area contributed by atoms with Gasteiger partial charge in [0, 0.05) is 12.7 Å². The van der Waals surface area contributed by atoms with Crippen molar-refractivity contribution in [1.82, 2.24) is 29.9 Å². The molecule has 2 aliphatic heterocycles. The third-order valence-electron chi connectivity index (χ3n) is 6.04. The highest BCUT2D eigenvalue weighted by molar-refractivity contribution is 5.98. The smallest absolute Gasteiger partial charge is 0.249 e. The number of piperidine rings is 1. The van der Waals surface area contributed by atoms with Crippen molar-refractivity contribution >= 4 is 11.8 Å². The number of hydrogen-bond acceptors (Lipinski definition) is 5. The Kier molecular flexibility index (Phi) is 5.08. The third-order valence-corrected chi connectivity index (χ3v) is 6.04. The molecule has 1 spiro atoms. The van der Waals surface area contributed by atoms with Crippen LogP contribution in [0.1, 0.15) is 38.3 Å². The number of hydrogen-bond donors (Lipinski definition) is 1. The second kappa shape index (κ2) is 7.55. The van der Waals surface area contributed by atoms with E-state index in [-0.39, 0.29) is 24.4 Å². The lowest BCUT2D eigenvalue weighted by molar-refractivity contribution is -0.169. The van der Waals surface area contributed by atoms with Crippen molar-refractivity contribution in [3.8, 4) is 5.82 Å². The fourth-order valence-corrected chi connectivity index (χ4v) is 4.43. The van der Waals surface area contributed by atoms with Crippen LogP contribution in [0.3, 0.4) is 0 Å². The number of likely N-dealkylation sites (N-methyl/N-ethyl adjacent to an activating group) is 1. The summed E-state index contributed by atoms with van der Waals surface area (Å²) in [5.41, 5.74) is 0.0559. The molecule has 2 fully saturated rings. The molecule has 0 aromatic carbocycles. The molecule has 2 saturated heterocycles. The summed E-state index contributed by atoms with van der Waals surface area (Å²) in [4.78, 5) is 34.2. The molecule has 2 aliphatic rings. The van der Waals surface area contributed by atoms with Gasteiger partial charge in [0.1, 0.15) is 12.1 Å². The summed E-state index contributed by atoms with van der Waals surface area (Å²) in [7, 11) is 0. The van der Waals surface area contributed by atoms with Crippen LogP contribution in [0.5, 0.6) is 0 Å². The average molecular weight is 400 g/mol. The molecule has 2 aromatic heterocycles. The minimum absolute atomic E-state index is 0.00572. The molecule has 9 heteroatoms. The minimum atomic E-state index is -0.760. The number of piperazine rings is 1. The molecule has 4 rings (SSSR count). The number of nitrogens with one attached hydrogen (secondary N) is 1. The van der Waals surface area contributed by atoms with Crippen molar-refractivity contribution in [2.75, 3.05) is 26.2 Å². The predicted molar refractivity (Wildman–Crippen MR) is 104 cm³/mol. The highest BCUT2D eigenvalue weighted by atomic mass is 19.1. The monoisotopic (exact) mass is 400 g/mol. The minimum Gasteiger partial charge on any atom is -0.327 e. The molecule has 2 amide bonds. The van der Waals surface area contributed by atoms with Gasteiger partial charge in [0.25, 0.3) is 0 Å². The molecule has 0 saturated carbocycles. The molecule has 4 heterocycles. The first-order valence-electron chi connectivity index (χ1n) is 9.95. The van der Waals surface area contributed by atoms with Crippen LogP contribution >= 0.6 is 0 Å². The van der Waals surface area contributed by atoms with Gasteiger partial charge in [0.15, 0.2) is 11.6 Å². The highest BCUT2D eigenvalue weighted by Gasteiger charge is 2.53. The first kappa shape index (κ1) is 19.5. The highest BCUT2D eigenvalue weighted by Crippen LogP contribution is 2.35. The van der Waals surface area contributed by atoms with E-state index < -0.39 is 11.4 Å². The molecule has 8 nitrogen and oxygen atoms in total. The zero-order valence-electron chi connectivity index (χ0n) is 16.6. The van der Waals surface area contributed by atoms with Crippen molar-refractivity contribution in [1.29, 1.82) is 0 Å². The van der Waals surface area contributed by atoms with Gasteiger partial charge in [-0.15, -0.1) is 0 Å². The van der Waals surface area contributed by atoms with Crippen LogP contribution in [0.2, 0.25) is 0 Å². The summed E-state index contributed by atoms with van der Waals surface area (Å²) >= 11 is 0. The molecule has 0 bridgehead atoms. The van der Waals surface area contributed by atoms with E-state index in [1.807, 2.05) is 19.9 Å². The Morgan fingerprint density at radius 2 is 2.00 bits per heavy atom. The van der Waals surface area contributed by atoms with Crippen LogP contribution in [-0.4, -0.2) is 68.1 Å². The van der Waals surface area contributed by atoms with Crippen LogP contribution in [0.15, 0.2) is 30.7 Å². The summed E-state index contributed by atoms with van der Waals surface area (Å²) in [6.07, 6.45) is 5.26. The molecule has 0 aliphatic carbocycles. The SMILES string of the molecule is CCN1C(=O)CN(C(C)c2ccc(-n3cc(F)cn3)nc2)C(=O)C12CCNCC2. The van der Waals surface area contributed by atoms with E-state index in [1.165, 1.54) is 10.9 Å². The van der Waals surface area contributed by atoms with Crippen molar-refractivity contribution < 1.29 is 14.0 Å². The number of aromatic nitrogens is 3. The van der Waals surface area contributed by atoms with Crippen LogP contribution in [0, 0.1) is 5.82 Å². The fourth-order valence-electron chi connectivity index (χ4n) is 4.43. The lowest BCUT2D eigenvalue weighted by Crippen LogP contribution is -2.70. The summed E-state index contributed by atoms with van der Waals surface area (Å²) < 4.78 is 14.5. The Bertz CT molecular complexity index is 906. The van der Waals surface area contributed by atoms with Gasteiger partial charge >= 0.3 is 0 Å². The van der Waals surface area contributed by atoms with Crippen molar-refractivity contribution in [3.63, 3.8) is 0 Å². The number of carbonyl (C=O) groups is 2. The lowest BCUT2D eigenvalue weighted by atomic mass is 9.82. The van der Waals surface area contributed by atoms with Gasteiger partial charge in [-0.1, -0.05) is 6.07 Å². The standard InChI is InChI=1S/C20H25FN6O2/c1-3-26-18(28)13-25(19(29)20(26)6-8-22-9-7-20)14(2)15-4-5-17(23-10-15)27-12-16(21)11-24-27/h4-5,10-12,14,22H,3,6-9,13H2,1-2H3. The molecular formula is C20H25FN6O2. The Balaban J connectivity index is 1.60. The van der Waals surface area contributed by atoms with E-state index in [9.17, 15) is 14.0 Å². The Labute approximate surface area is 168 Å². The molecule has 1 atom stereocenters. The van der Waals surface area contributed by atoms with Gasteiger partial charge in [-0.05, 0) is 51.4 Å². The Hall–Kier alpha value is -2.81. The predicted octanol–water partition coefficient (Wildman–Crippen LogP) is 1.28. The summed E-state index contributed by atoms with van der Waals surface area (Å²) in [5, 5.41) is 7.19. The number of amides is 2. The first-order chi connectivity index (χ1) is 14.0. The van der Waals surface area contributed by atoms with Gasteiger partial charge < -0.3 is 15.1 Å². The second-order valence-corrected chi connectivity index (χ2v) is 7.58. The zero-order valence-corrected chi connectivity index (χ0v) is 16.6. The summed E-state index contributed by atoms with van der Waals surface area (Å²) in [6.45, 7) is 5.86. The van der Waals surface area contributed by atoms with Gasteiger partial charge in [0.2, 0.25) is 11.8 Å². The number of pyridine rings is 1. The number of carbonyl (C=O) groups excluding carboxylic acids is 2. The normalized spacial score (nSPS) is 20.4. The van der Waals surface area contributed by atoms with E-state index in [4.69, 9.17) is 0 Å². The molecule has 0 radical (unpaired) electrons. The summed E-state index contributed by atoms with van der Waals surface area (Å²) in [5.74, 6) is 0.0379. The second-order valence-electron chi connectivity index (χ2n) is 7.58. The molecule has 1 N–H and O–H groups in total. The molecule has 1 unspecified atom stereocenters. The van der Waals surface area contributed by atoms with E-state index in [0.29, 0.717) is 38.3 Å².